The maximum absolute atomic E-state index is 12.3. The summed E-state index contributed by atoms with van der Waals surface area (Å²) in [6, 6.07) is -0.805. The molecule has 0 radical (unpaired) electrons. The number of hydrogen-bond acceptors (Lipinski definition) is 4. The van der Waals surface area contributed by atoms with E-state index in [9.17, 15) is 20.1 Å². The summed E-state index contributed by atoms with van der Waals surface area (Å²) in [5.41, 5.74) is 0. The van der Waals surface area contributed by atoms with Crippen LogP contribution in [0, 0.1) is 0 Å². The van der Waals surface area contributed by atoms with Crippen LogP contribution in [0.5, 0.6) is 0 Å². The smallest absolute Gasteiger partial charge is 0.220 e. The topological polar surface area (TPSA) is 89.8 Å². The van der Waals surface area contributed by atoms with Gasteiger partial charge in [-0.3, -0.25) is 4.79 Å². The number of carbonyl (C=O) groups excluding carboxylic acids is 1. The summed E-state index contributed by atoms with van der Waals surface area (Å²) in [6.07, 6.45) is 35.9. The van der Waals surface area contributed by atoms with E-state index >= 15 is 0 Å². The Balaban J connectivity index is 3.64. The number of amides is 1. The van der Waals surface area contributed by atoms with Crippen LogP contribution in [0.25, 0.3) is 0 Å². The second kappa shape index (κ2) is 33.0. The second-order valence-electron chi connectivity index (χ2n) is 12.8. The van der Waals surface area contributed by atoms with E-state index in [1.165, 1.54) is 128 Å². The number of carbonyl (C=O) groups is 1. The molecule has 0 aliphatic rings. The molecule has 4 N–H and O–H groups in total. The molecule has 1 amide bonds. The van der Waals surface area contributed by atoms with Crippen molar-refractivity contribution >= 4 is 5.91 Å². The Labute approximate surface area is 261 Å². The molecule has 3 atom stereocenters. The van der Waals surface area contributed by atoms with Crippen molar-refractivity contribution in [1.29, 1.82) is 0 Å². The Morgan fingerprint density at radius 3 is 1.38 bits per heavy atom. The van der Waals surface area contributed by atoms with Crippen LogP contribution in [-0.4, -0.2) is 46.1 Å². The van der Waals surface area contributed by atoms with Gasteiger partial charge < -0.3 is 20.6 Å². The number of nitrogens with one attached hydrogen (secondary N) is 1. The number of unbranched alkanes of at least 4 members (excludes halogenated alkanes) is 23. The molecule has 250 valence electrons. The largest absolute Gasteiger partial charge is 0.394 e. The van der Waals surface area contributed by atoms with Crippen molar-refractivity contribution in [3.63, 3.8) is 0 Å². The van der Waals surface area contributed by atoms with Crippen LogP contribution in [0.2, 0.25) is 0 Å². The van der Waals surface area contributed by atoms with E-state index in [-0.39, 0.29) is 12.5 Å². The van der Waals surface area contributed by atoms with Crippen molar-refractivity contribution in [3.05, 3.63) is 12.2 Å². The number of allylic oxidation sites excluding steroid dienone is 2. The van der Waals surface area contributed by atoms with E-state index in [1.807, 2.05) is 0 Å². The van der Waals surface area contributed by atoms with Crippen molar-refractivity contribution < 1.29 is 20.1 Å². The zero-order chi connectivity index (χ0) is 30.9. The summed E-state index contributed by atoms with van der Waals surface area (Å²) in [6.45, 7) is 4.14. The zero-order valence-electron chi connectivity index (χ0n) is 28.1. The van der Waals surface area contributed by atoms with Crippen molar-refractivity contribution in [1.82, 2.24) is 5.32 Å². The van der Waals surface area contributed by atoms with Gasteiger partial charge in [-0.1, -0.05) is 161 Å². The third-order valence-electron chi connectivity index (χ3n) is 8.62. The van der Waals surface area contributed by atoms with Crippen LogP contribution in [0.1, 0.15) is 194 Å². The molecular weight excluding hydrogens is 522 g/mol. The molecule has 0 aliphatic heterocycles. The van der Waals surface area contributed by atoms with Crippen molar-refractivity contribution in [2.45, 2.75) is 212 Å². The first-order valence-corrected chi connectivity index (χ1v) is 18.5. The van der Waals surface area contributed by atoms with Crippen LogP contribution in [-0.2, 0) is 4.79 Å². The van der Waals surface area contributed by atoms with Gasteiger partial charge in [-0.05, 0) is 38.5 Å². The van der Waals surface area contributed by atoms with E-state index in [0.717, 1.165) is 38.5 Å². The molecule has 0 rings (SSSR count). The van der Waals surface area contributed by atoms with Gasteiger partial charge >= 0.3 is 0 Å². The molecule has 0 saturated carbocycles. The summed E-state index contributed by atoms with van der Waals surface area (Å²) < 4.78 is 0. The van der Waals surface area contributed by atoms with Gasteiger partial charge in [0.1, 0.15) is 6.10 Å². The molecule has 5 heteroatoms. The minimum Gasteiger partial charge on any atom is -0.394 e. The molecule has 0 spiro atoms. The van der Waals surface area contributed by atoms with Crippen LogP contribution in [0.15, 0.2) is 12.2 Å². The van der Waals surface area contributed by atoms with Crippen LogP contribution < -0.4 is 5.32 Å². The van der Waals surface area contributed by atoms with Crippen molar-refractivity contribution in [3.8, 4) is 0 Å². The Hall–Kier alpha value is -0.910. The van der Waals surface area contributed by atoms with Gasteiger partial charge in [-0.2, -0.15) is 0 Å². The average molecular weight is 596 g/mol. The maximum Gasteiger partial charge on any atom is 0.220 e. The van der Waals surface area contributed by atoms with E-state index in [2.05, 4.69) is 31.3 Å². The number of hydrogen-bond donors (Lipinski definition) is 4. The highest BCUT2D eigenvalue weighted by Gasteiger charge is 2.26. The first-order valence-electron chi connectivity index (χ1n) is 18.5. The Morgan fingerprint density at radius 2 is 0.952 bits per heavy atom. The highest BCUT2D eigenvalue weighted by molar-refractivity contribution is 5.76. The van der Waals surface area contributed by atoms with Gasteiger partial charge in [0.15, 0.2) is 0 Å². The van der Waals surface area contributed by atoms with Crippen molar-refractivity contribution in [2.75, 3.05) is 6.61 Å². The van der Waals surface area contributed by atoms with Gasteiger partial charge in [-0.25, -0.2) is 0 Å². The second-order valence-corrected chi connectivity index (χ2v) is 12.8. The maximum atomic E-state index is 12.3. The third kappa shape index (κ3) is 27.9. The van der Waals surface area contributed by atoms with E-state index < -0.39 is 18.2 Å². The molecular formula is C37H73NO4. The monoisotopic (exact) mass is 596 g/mol. The molecule has 0 aliphatic carbocycles. The fourth-order valence-corrected chi connectivity index (χ4v) is 5.68. The highest BCUT2D eigenvalue weighted by Crippen LogP contribution is 2.15. The predicted molar refractivity (Wildman–Crippen MR) is 181 cm³/mol. The number of aliphatic hydroxyl groups excluding tert-OH is 3. The first-order chi connectivity index (χ1) is 20.6. The molecule has 0 saturated heterocycles. The fraction of sp³-hybridized carbons (Fsp3) is 0.919. The first kappa shape index (κ1) is 41.1. The minimum absolute atomic E-state index is 0.151. The minimum atomic E-state index is -1.13. The summed E-state index contributed by atoms with van der Waals surface area (Å²) >= 11 is 0. The van der Waals surface area contributed by atoms with Crippen LogP contribution in [0.4, 0.5) is 0 Å². The third-order valence-corrected chi connectivity index (χ3v) is 8.62. The lowest BCUT2D eigenvalue weighted by Crippen LogP contribution is -2.50. The summed E-state index contributed by atoms with van der Waals surface area (Å²) in [5.74, 6) is -0.151. The van der Waals surface area contributed by atoms with E-state index in [0.29, 0.717) is 12.8 Å². The van der Waals surface area contributed by atoms with Gasteiger partial charge in [0.2, 0.25) is 5.91 Å². The molecule has 42 heavy (non-hydrogen) atoms. The van der Waals surface area contributed by atoms with E-state index in [4.69, 9.17) is 0 Å². The lowest BCUT2D eigenvalue weighted by molar-refractivity contribution is -0.124. The summed E-state index contributed by atoms with van der Waals surface area (Å²) in [7, 11) is 0. The molecule has 0 fully saturated rings. The van der Waals surface area contributed by atoms with Crippen molar-refractivity contribution in [2.24, 2.45) is 0 Å². The van der Waals surface area contributed by atoms with Gasteiger partial charge in [-0.15, -0.1) is 0 Å². The lowest BCUT2D eigenvalue weighted by atomic mass is 9.99. The summed E-state index contributed by atoms with van der Waals surface area (Å²) in [5, 5.41) is 33.2. The predicted octanol–water partition coefficient (Wildman–Crippen LogP) is 9.70. The molecule has 0 bridgehead atoms. The van der Waals surface area contributed by atoms with Gasteiger partial charge in [0, 0.05) is 6.42 Å². The van der Waals surface area contributed by atoms with Gasteiger partial charge in [0.05, 0.1) is 18.8 Å². The standard InChI is InChI=1S/C37H73NO4/c1-3-5-7-9-11-13-14-15-16-17-18-19-20-21-22-24-26-28-30-32-36(41)38-34(33-39)37(42)35(40)31-29-27-25-23-12-10-8-6-4-2/h17-18,34-35,37,39-40,42H,3-16,19-33H2,1-2H3,(H,38,41)/b18-17-. The highest BCUT2D eigenvalue weighted by atomic mass is 16.3. The normalized spacial score (nSPS) is 13.9. The zero-order valence-corrected chi connectivity index (χ0v) is 28.1. The molecule has 5 nitrogen and oxygen atoms in total. The molecule has 0 heterocycles. The average Bonchev–Trinajstić information content (AvgIpc) is 2.99. The van der Waals surface area contributed by atoms with Crippen LogP contribution >= 0.6 is 0 Å². The number of aliphatic hydroxyl groups is 3. The fourth-order valence-electron chi connectivity index (χ4n) is 5.68. The Kier molecular flexibility index (Phi) is 32.3. The molecule has 0 aromatic rings. The SMILES string of the molecule is CCCCCCCCCC/C=C\CCCCCCCCCC(=O)NC(CO)C(O)C(O)CCCCCCCCCCC. The van der Waals surface area contributed by atoms with E-state index in [1.54, 1.807) is 0 Å². The van der Waals surface area contributed by atoms with Gasteiger partial charge in [0.25, 0.3) is 0 Å². The molecule has 3 unspecified atom stereocenters. The lowest BCUT2D eigenvalue weighted by Gasteiger charge is -2.26. The Morgan fingerprint density at radius 1 is 0.571 bits per heavy atom. The Bertz CT molecular complexity index is 582. The quantitative estimate of drug-likeness (QED) is 0.0449. The summed E-state index contributed by atoms with van der Waals surface area (Å²) in [4.78, 5) is 12.3. The molecule has 0 aromatic heterocycles. The molecule has 0 aromatic carbocycles. The number of rotatable bonds is 33. The van der Waals surface area contributed by atoms with Crippen LogP contribution in [0.3, 0.4) is 0 Å².